The molecule has 1 aliphatic rings. The molecular formula is C16H23NO4S. The second kappa shape index (κ2) is 7.76. The summed E-state index contributed by atoms with van der Waals surface area (Å²) in [5.41, 5.74) is 0. The third-order valence-corrected chi connectivity index (χ3v) is 5.77. The number of sulfonamides is 1. The lowest BCUT2D eigenvalue weighted by Crippen LogP contribution is -2.39. The van der Waals surface area contributed by atoms with Gasteiger partial charge in [-0.3, -0.25) is 0 Å². The molecule has 0 spiro atoms. The average molecular weight is 325 g/mol. The number of hydrogen-bond donors (Lipinski definition) is 0. The molecular weight excluding hydrogens is 302 g/mol. The number of rotatable bonds is 7. The number of ether oxygens (including phenoxy) is 2. The fraction of sp³-hybridized carbons (Fsp3) is 0.500. The number of piperidine rings is 1. The Bertz CT molecular complexity index is 575. The van der Waals surface area contributed by atoms with Crippen molar-refractivity contribution in [1.82, 2.24) is 4.31 Å². The van der Waals surface area contributed by atoms with Gasteiger partial charge < -0.3 is 9.47 Å². The van der Waals surface area contributed by atoms with Crippen molar-refractivity contribution in [2.75, 3.05) is 33.4 Å². The number of methoxy groups -OCH3 is 1. The van der Waals surface area contributed by atoms with E-state index in [9.17, 15) is 8.42 Å². The van der Waals surface area contributed by atoms with Crippen molar-refractivity contribution in [3.05, 3.63) is 36.9 Å². The van der Waals surface area contributed by atoms with Crippen LogP contribution in [-0.2, 0) is 14.8 Å². The highest BCUT2D eigenvalue weighted by Gasteiger charge is 2.29. The molecule has 0 atom stereocenters. The summed E-state index contributed by atoms with van der Waals surface area (Å²) in [5, 5.41) is 0. The first-order valence-corrected chi connectivity index (χ1v) is 8.84. The summed E-state index contributed by atoms with van der Waals surface area (Å²) < 4.78 is 37.3. The first kappa shape index (κ1) is 17.0. The first-order chi connectivity index (χ1) is 10.6. The van der Waals surface area contributed by atoms with Gasteiger partial charge in [0, 0.05) is 19.7 Å². The Hall–Kier alpha value is -1.37. The summed E-state index contributed by atoms with van der Waals surface area (Å²) in [6.45, 7) is 5.90. The fourth-order valence-electron chi connectivity index (χ4n) is 2.53. The van der Waals surface area contributed by atoms with Gasteiger partial charge in [0.25, 0.3) is 0 Å². The van der Waals surface area contributed by atoms with Crippen molar-refractivity contribution in [1.29, 1.82) is 0 Å². The van der Waals surface area contributed by atoms with Crippen LogP contribution < -0.4 is 4.74 Å². The number of nitrogens with zero attached hydrogens (tertiary/aromatic N) is 1. The molecule has 0 N–H and O–H groups in total. The van der Waals surface area contributed by atoms with Gasteiger partial charge in [-0.05, 0) is 43.0 Å². The van der Waals surface area contributed by atoms with Gasteiger partial charge in [-0.1, -0.05) is 6.08 Å². The Labute approximate surface area is 132 Å². The van der Waals surface area contributed by atoms with Crippen molar-refractivity contribution >= 4 is 10.0 Å². The van der Waals surface area contributed by atoms with Crippen LogP contribution in [0.5, 0.6) is 5.75 Å². The SMILES string of the molecule is C=CCOCC1CCN(S(=O)(=O)c2ccc(OC)cc2)CC1. The molecule has 2 rings (SSSR count). The number of hydrogen-bond acceptors (Lipinski definition) is 4. The van der Waals surface area contributed by atoms with E-state index in [1.54, 1.807) is 41.8 Å². The molecule has 122 valence electrons. The van der Waals surface area contributed by atoms with Crippen LogP contribution in [0.15, 0.2) is 41.8 Å². The van der Waals surface area contributed by atoms with Crippen molar-refractivity contribution in [3.8, 4) is 5.75 Å². The van der Waals surface area contributed by atoms with Crippen LogP contribution in [0.4, 0.5) is 0 Å². The molecule has 0 unspecified atom stereocenters. The summed E-state index contributed by atoms with van der Waals surface area (Å²) in [7, 11) is -1.86. The predicted molar refractivity (Wildman–Crippen MR) is 85.5 cm³/mol. The van der Waals surface area contributed by atoms with E-state index in [1.807, 2.05) is 0 Å². The highest BCUT2D eigenvalue weighted by Crippen LogP contribution is 2.25. The van der Waals surface area contributed by atoms with Crippen LogP contribution in [0.3, 0.4) is 0 Å². The molecule has 0 radical (unpaired) electrons. The van der Waals surface area contributed by atoms with Gasteiger partial charge in [-0.2, -0.15) is 4.31 Å². The van der Waals surface area contributed by atoms with E-state index in [0.717, 1.165) is 12.8 Å². The van der Waals surface area contributed by atoms with Crippen molar-refractivity contribution in [3.63, 3.8) is 0 Å². The quantitative estimate of drug-likeness (QED) is 0.570. The van der Waals surface area contributed by atoms with Crippen molar-refractivity contribution < 1.29 is 17.9 Å². The van der Waals surface area contributed by atoms with E-state index in [-0.39, 0.29) is 0 Å². The second-order valence-electron chi connectivity index (χ2n) is 5.35. The molecule has 0 amide bonds. The third-order valence-electron chi connectivity index (χ3n) is 3.86. The zero-order chi connectivity index (χ0) is 16.0. The lowest BCUT2D eigenvalue weighted by Gasteiger charge is -2.31. The van der Waals surface area contributed by atoms with Gasteiger partial charge in [0.1, 0.15) is 5.75 Å². The molecule has 6 heteroatoms. The van der Waals surface area contributed by atoms with Gasteiger partial charge in [-0.25, -0.2) is 8.42 Å². The summed E-state index contributed by atoms with van der Waals surface area (Å²) in [4.78, 5) is 0.314. The van der Waals surface area contributed by atoms with E-state index >= 15 is 0 Å². The highest BCUT2D eigenvalue weighted by atomic mass is 32.2. The van der Waals surface area contributed by atoms with Crippen LogP contribution in [0.2, 0.25) is 0 Å². The van der Waals surface area contributed by atoms with E-state index < -0.39 is 10.0 Å². The van der Waals surface area contributed by atoms with Gasteiger partial charge in [0.2, 0.25) is 10.0 Å². The lowest BCUT2D eigenvalue weighted by molar-refractivity contribution is 0.0982. The summed E-state index contributed by atoms with van der Waals surface area (Å²) in [6, 6.07) is 6.52. The zero-order valence-electron chi connectivity index (χ0n) is 12.9. The molecule has 0 aliphatic carbocycles. The second-order valence-corrected chi connectivity index (χ2v) is 7.29. The Kier molecular flexibility index (Phi) is 5.99. The molecule has 0 saturated carbocycles. The van der Waals surface area contributed by atoms with Gasteiger partial charge >= 0.3 is 0 Å². The van der Waals surface area contributed by atoms with Crippen molar-refractivity contribution in [2.45, 2.75) is 17.7 Å². The molecule has 1 heterocycles. The van der Waals surface area contributed by atoms with Crippen molar-refractivity contribution in [2.24, 2.45) is 5.92 Å². The van der Waals surface area contributed by atoms with Gasteiger partial charge in [-0.15, -0.1) is 6.58 Å². The monoisotopic (exact) mass is 325 g/mol. The molecule has 1 aromatic carbocycles. The Morgan fingerprint density at radius 1 is 1.27 bits per heavy atom. The van der Waals surface area contributed by atoms with Crippen LogP contribution in [0.25, 0.3) is 0 Å². The predicted octanol–water partition coefficient (Wildman–Crippen LogP) is 2.30. The Morgan fingerprint density at radius 2 is 1.91 bits per heavy atom. The Balaban J connectivity index is 1.95. The molecule has 1 aromatic rings. The largest absolute Gasteiger partial charge is 0.497 e. The lowest BCUT2D eigenvalue weighted by atomic mass is 9.99. The minimum Gasteiger partial charge on any atom is -0.497 e. The van der Waals surface area contributed by atoms with E-state index in [2.05, 4.69) is 6.58 Å². The van der Waals surface area contributed by atoms with E-state index in [1.165, 1.54) is 0 Å². The topological polar surface area (TPSA) is 55.8 Å². The molecule has 1 aliphatic heterocycles. The van der Waals surface area contributed by atoms with Crippen LogP contribution in [0.1, 0.15) is 12.8 Å². The zero-order valence-corrected chi connectivity index (χ0v) is 13.7. The summed E-state index contributed by atoms with van der Waals surface area (Å²) in [6.07, 6.45) is 3.38. The minimum absolute atomic E-state index is 0.314. The normalized spacial score (nSPS) is 17.3. The third kappa shape index (κ3) is 4.09. The van der Waals surface area contributed by atoms with Gasteiger partial charge in [0.05, 0.1) is 18.6 Å². The minimum atomic E-state index is -3.41. The number of benzene rings is 1. The molecule has 1 fully saturated rings. The van der Waals surface area contributed by atoms with E-state index in [0.29, 0.717) is 42.9 Å². The molecule has 1 saturated heterocycles. The summed E-state index contributed by atoms with van der Waals surface area (Å²) >= 11 is 0. The maximum absolute atomic E-state index is 12.6. The van der Waals surface area contributed by atoms with Gasteiger partial charge in [0.15, 0.2) is 0 Å². The molecule has 22 heavy (non-hydrogen) atoms. The van der Waals surface area contributed by atoms with Crippen LogP contribution in [-0.4, -0.2) is 46.1 Å². The molecule has 5 nitrogen and oxygen atoms in total. The molecule has 0 aromatic heterocycles. The van der Waals surface area contributed by atoms with Crippen LogP contribution in [0, 0.1) is 5.92 Å². The fourth-order valence-corrected chi connectivity index (χ4v) is 4.00. The standard InChI is InChI=1S/C16H23NO4S/c1-3-12-21-13-14-8-10-17(11-9-14)22(18,19)16-6-4-15(20-2)5-7-16/h3-7,14H,1,8-13H2,2H3. The Morgan fingerprint density at radius 3 is 2.45 bits per heavy atom. The highest BCUT2D eigenvalue weighted by molar-refractivity contribution is 7.89. The first-order valence-electron chi connectivity index (χ1n) is 7.40. The van der Waals surface area contributed by atoms with E-state index in [4.69, 9.17) is 9.47 Å². The molecule has 0 bridgehead atoms. The average Bonchev–Trinajstić information content (AvgIpc) is 2.55. The summed E-state index contributed by atoms with van der Waals surface area (Å²) in [5.74, 6) is 1.07. The maximum atomic E-state index is 12.6. The maximum Gasteiger partial charge on any atom is 0.243 e. The van der Waals surface area contributed by atoms with Crippen LogP contribution >= 0.6 is 0 Å². The smallest absolute Gasteiger partial charge is 0.243 e.